The zero-order valence-electron chi connectivity index (χ0n) is 18.1. The summed E-state index contributed by atoms with van der Waals surface area (Å²) in [7, 11) is 0. The van der Waals surface area contributed by atoms with Gasteiger partial charge in [0.25, 0.3) is 0 Å². The fourth-order valence-corrected chi connectivity index (χ4v) is 5.78. The Balaban J connectivity index is 1.44. The zero-order chi connectivity index (χ0) is 22.1. The van der Waals surface area contributed by atoms with Crippen LogP contribution in [0.2, 0.25) is 0 Å². The zero-order valence-corrected chi connectivity index (χ0v) is 18.9. The molecule has 1 amide bonds. The summed E-state index contributed by atoms with van der Waals surface area (Å²) in [5, 5.41) is 9.93. The highest BCUT2D eigenvalue weighted by Gasteiger charge is 2.35. The van der Waals surface area contributed by atoms with Crippen LogP contribution in [0.25, 0.3) is 10.2 Å². The van der Waals surface area contributed by atoms with Crippen LogP contribution < -0.4 is 0 Å². The molecule has 2 aliphatic rings. The highest BCUT2D eigenvalue weighted by atomic mass is 32.1. The topological polar surface area (TPSA) is 82.0 Å². The van der Waals surface area contributed by atoms with Gasteiger partial charge in [0.2, 0.25) is 5.91 Å². The van der Waals surface area contributed by atoms with Crippen LogP contribution in [0.3, 0.4) is 0 Å². The number of ether oxygens (including phenoxy) is 1. The van der Waals surface area contributed by atoms with E-state index in [1.807, 2.05) is 23.2 Å². The molecule has 0 bridgehead atoms. The number of carbonyl (C=O) groups excluding carboxylic acids is 1. The third-order valence-electron chi connectivity index (χ3n) is 6.26. The second-order valence-electron chi connectivity index (χ2n) is 8.29. The Morgan fingerprint density at radius 1 is 1.19 bits per heavy atom. The van der Waals surface area contributed by atoms with Gasteiger partial charge >= 0.3 is 0 Å². The first kappa shape index (κ1) is 21.3. The summed E-state index contributed by atoms with van der Waals surface area (Å²) in [6, 6.07) is 9.49. The maximum Gasteiger partial charge on any atom is 0.219 e. The number of aromatic hydroxyl groups is 1. The third-order valence-corrected chi connectivity index (χ3v) is 7.36. The van der Waals surface area contributed by atoms with Crippen molar-refractivity contribution >= 4 is 27.5 Å². The Morgan fingerprint density at radius 3 is 2.78 bits per heavy atom. The summed E-state index contributed by atoms with van der Waals surface area (Å²) >= 11 is 1.73. The first-order valence-corrected chi connectivity index (χ1v) is 11.7. The Bertz CT molecular complexity index is 1060. The molecule has 2 fully saturated rings. The van der Waals surface area contributed by atoms with Gasteiger partial charge in [-0.15, -0.1) is 11.3 Å². The summed E-state index contributed by atoms with van der Waals surface area (Å²) in [5.74, 6) is 0.386. The lowest BCUT2D eigenvalue weighted by atomic mass is 10.1. The van der Waals surface area contributed by atoms with Gasteiger partial charge < -0.3 is 14.7 Å². The van der Waals surface area contributed by atoms with E-state index in [0.717, 1.165) is 55.0 Å². The fourth-order valence-electron chi connectivity index (χ4n) is 4.62. The number of phenols is 1. The number of phenolic OH excluding ortho intramolecular Hbond substituents is 1. The van der Waals surface area contributed by atoms with Crippen molar-refractivity contribution in [3.63, 3.8) is 0 Å². The first-order chi connectivity index (χ1) is 15.6. The van der Waals surface area contributed by atoms with Crippen molar-refractivity contribution in [2.45, 2.75) is 19.2 Å². The normalized spacial score (nSPS) is 21.7. The van der Waals surface area contributed by atoms with E-state index in [0.29, 0.717) is 6.61 Å². The Morgan fingerprint density at radius 2 is 2.03 bits per heavy atom. The monoisotopic (exact) mass is 453 g/mol. The molecule has 2 atom stereocenters. The number of piperazine rings is 1. The van der Waals surface area contributed by atoms with Gasteiger partial charge in [0.05, 0.1) is 29.1 Å². The quantitative estimate of drug-likeness (QED) is 0.650. The average molecular weight is 454 g/mol. The van der Waals surface area contributed by atoms with Crippen molar-refractivity contribution in [2.24, 2.45) is 0 Å². The predicted molar refractivity (Wildman–Crippen MR) is 122 cm³/mol. The maximum atomic E-state index is 11.8. The van der Waals surface area contributed by atoms with Gasteiger partial charge in [-0.25, -0.2) is 9.97 Å². The van der Waals surface area contributed by atoms with Crippen molar-refractivity contribution in [2.75, 3.05) is 45.9 Å². The van der Waals surface area contributed by atoms with Crippen LogP contribution in [0.5, 0.6) is 5.75 Å². The summed E-state index contributed by atoms with van der Waals surface area (Å²) in [6.07, 6.45) is 3.43. The van der Waals surface area contributed by atoms with Crippen molar-refractivity contribution in [3.8, 4) is 5.75 Å². The van der Waals surface area contributed by atoms with Crippen molar-refractivity contribution in [3.05, 3.63) is 53.3 Å². The minimum Gasteiger partial charge on any atom is -0.508 e. The molecule has 4 heterocycles. The van der Waals surface area contributed by atoms with Gasteiger partial charge in [-0.3, -0.25) is 14.6 Å². The minimum absolute atomic E-state index is 0.0759. The van der Waals surface area contributed by atoms with Crippen LogP contribution in [0, 0.1) is 0 Å². The molecule has 9 heteroatoms. The van der Waals surface area contributed by atoms with Crippen LogP contribution in [-0.4, -0.2) is 81.6 Å². The maximum absolute atomic E-state index is 11.8. The van der Waals surface area contributed by atoms with Crippen molar-refractivity contribution in [1.29, 1.82) is 0 Å². The molecule has 2 unspecified atom stereocenters. The van der Waals surface area contributed by atoms with Gasteiger partial charge in [-0.05, 0) is 23.8 Å². The molecule has 5 rings (SSSR count). The number of aromatic nitrogens is 2. The van der Waals surface area contributed by atoms with E-state index in [4.69, 9.17) is 4.74 Å². The van der Waals surface area contributed by atoms with E-state index in [2.05, 4.69) is 25.8 Å². The van der Waals surface area contributed by atoms with E-state index < -0.39 is 0 Å². The van der Waals surface area contributed by atoms with Gasteiger partial charge in [0.1, 0.15) is 12.1 Å². The minimum atomic E-state index is -0.106. The number of benzene rings is 1. The molecule has 1 N–H and O–H groups in total. The number of morpholine rings is 1. The lowest BCUT2D eigenvalue weighted by Gasteiger charge is -2.45. The Kier molecular flexibility index (Phi) is 6.05. The molecule has 3 aromatic rings. The number of hydrogen-bond donors (Lipinski definition) is 1. The molecule has 1 aromatic carbocycles. The Labute approximate surface area is 191 Å². The number of amides is 1. The summed E-state index contributed by atoms with van der Waals surface area (Å²) in [6.45, 7) is 6.90. The standard InChI is InChI=1S/C23H27N5O3S/c1-16(29)26-5-7-27(8-6-26)23(21-12-19-22(32-21)13-24-15-25-19)28-9-10-31-20(14-28)17-3-2-4-18(30)11-17/h2-4,11-13,15,20,23,30H,5-10,14H2,1H3. The number of fused-ring (bicyclic) bond motifs is 1. The molecular weight excluding hydrogens is 426 g/mol. The Hall–Kier alpha value is -2.59. The number of thiophene rings is 1. The van der Waals surface area contributed by atoms with E-state index in [9.17, 15) is 9.90 Å². The second kappa shape index (κ2) is 9.11. The first-order valence-electron chi connectivity index (χ1n) is 10.9. The number of carbonyl (C=O) groups is 1. The summed E-state index contributed by atoms with van der Waals surface area (Å²) in [5.41, 5.74) is 1.95. The number of nitrogens with zero attached hydrogens (tertiary/aromatic N) is 5. The van der Waals surface area contributed by atoms with Crippen LogP contribution >= 0.6 is 11.3 Å². The summed E-state index contributed by atoms with van der Waals surface area (Å²) < 4.78 is 7.16. The SMILES string of the molecule is CC(=O)N1CCN(C(c2cc3ncncc3s2)N2CCOC(c3cccc(O)c3)C2)CC1. The lowest BCUT2D eigenvalue weighted by Crippen LogP contribution is -2.54. The van der Waals surface area contributed by atoms with Crippen LogP contribution in [-0.2, 0) is 9.53 Å². The molecule has 0 radical (unpaired) electrons. The van der Waals surface area contributed by atoms with Crippen molar-refractivity contribution in [1.82, 2.24) is 24.7 Å². The number of hydrogen-bond acceptors (Lipinski definition) is 8. The predicted octanol–water partition coefficient (Wildman–Crippen LogP) is 2.63. The van der Waals surface area contributed by atoms with E-state index in [1.54, 1.807) is 36.7 Å². The lowest BCUT2D eigenvalue weighted by molar-refractivity contribution is -0.132. The molecule has 2 aromatic heterocycles. The molecule has 8 nitrogen and oxygen atoms in total. The molecule has 0 spiro atoms. The fraction of sp³-hybridized carbons (Fsp3) is 0.435. The second-order valence-corrected chi connectivity index (χ2v) is 9.40. The van der Waals surface area contributed by atoms with E-state index in [-0.39, 0.29) is 23.9 Å². The van der Waals surface area contributed by atoms with Gasteiger partial charge in [0, 0.05) is 57.3 Å². The molecule has 2 aliphatic heterocycles. The van der Waals surface area contributed by atoms with Gasteiger partial charge in [-0.1, -0.05) is 12.1 Å². The van der Waals surface area contributed by atoms with Gasteiger partial charge in [-0.2, -0.15) is 0 Å². The molecule has 2 saturated heterocycles. The van der Waals surface area contributed by atoms with Gasteiger partial charge in [0.15, 0.2) is 0 Å². The van der Waals surface area contributed by atoms with Crippen LogP contribution in [0.15, 0.2) is 42.9 Å². The number of rotatable bonds is 4. The highest BCUT2D eigenvalue weighted by Crippen LogP contribution is 2.37. The largest absolute Gasteiger partial charge is 0.508 e. The molecule has 32 heavy (non-hydrogen) atoms. The van der Waals surface area contributed by atoms with E-state index >= 15 is 0 Å². The molecule has 168 valence electrons. The van der Waals surface area contributed by atoms with Crippen LogP contribution in [0.4, 0.5) is 0 Å². The summed E-state index contributed by atoms with van der Waals surface area (Å²) in [4.78, 5) is 28.5. The highest BCUT2D eigenvalue weighted by molar-refractivity contribution is 7.19. The third kappa shape index (κ3) is 4.33. The van der Waals surface area contributed by atoms with Crippen LogP contribution in [0.1, 0.15) is 29.6 Å². The van der Waals surface area contributed by atoms with Crippen molar-refractivity contribution < 1.29 is 14.6 Å². The molecule has 0 saturated carbocycles. The average Bonchev–Trinajstić information content (AvgIpc) is 3.23. The smallest absolute Gasteiger partial charge is 0.219 e. The molecular formula is C23H27N5O3S. The molecule has 0 aliphatic carbocycles. The van der Waals surface area contributed by atoms with E-state index in [1.165, 1.54) is 4.88 Å².